The molecule has 0 saturated heterocycles. The van der Waals surface area contributed by atoms with Gasteiger partial charge in [-0.1, -0.05) is 6.92 Å². The van der Waals surface area contributed by atoms with Crippen molar-refractivity contribution in [2.75, 3.05) is 0 Å². The summed E-state index contributed by atoms with van der Waals surface area (Å²) in [5, 5.41) is 6.76. The third-order valence-corrected chi connectivity index (χ3v) is 3.29. The first-order valence-corrected chi connectivity index (χ1v) is 4.82. The molecule has 12 heavy (non-hydrogen) atoms. The lowest BCUT2D eigenvalue weighted by Crippen LogP contribution is -2.39. The molecule has 0 spiro atoms. The molecule has 1 aromatic heterocycles. The lowest BCUT2D eigenvalue weighted by Gasteiger charge is -2.41. The summed E-state index contributed by atoms with van der Waals surface area (Å²) in [5.74, 6) is 0. The standard InChI is InChI=1S/C8H13N3S/c1-2-8(4-3-5-8)11-6-9-10-7(11)12/h6H,2-5H2,1H3,(H,10,12). The number of aromatic amines is 1. The van der Waals surface area contributed by atoms with Crippen molar-refractivity contribution in [3.63, 3.8) is 0 Å². The van der Waals surface area contributed by atoms with Crippen LogP contribution in [0.2, 0.25) is 0 Å². The van der Waals surface area contributed by atoms with E-state index in [-0.39, 0.29) is 0 Å². The molecule has 66 valence electrons. The van der Waals surface area contributed by atoms with Crippen molar-refractivity contribution in [2.45, 2.75) is 38.1 Å². The number of aromatic nitrogens is 3. The van der Waals surface area contributed by atoms with Crippen LogP contribution in [-0.2, 0) is 5.54 Å². The van der Waals surface area contributed by atoms with Crippen LogP contribution >= 0.6 is 12.2 Å². The Kier molecular flexibility index (Phi) is 1.79. The van der Waals surface area contributed by atoms with Crippen LogP contribution in [-0.4, -0.2) is 14.8 Å². The van der Waals surface area contributed by atoms with Gasteiger partial charge < -0.3 is 4.57 Å². The van der Waals surface area contributed by atoms with E-state index < -0.39 is 0 Å². The van der Waals surface area contributed by atoms with Gasteiger partial charge in [0.25, 0.3) is 0 Å². The molecule has 3 nitrogen and oxygen atoms in total. The van der Waals surface area contributed by atoms with E-state index in [1.807, 2.05) is 6.33 Å². The van der Waals surface area contributed by atoms with E-state index in [1.54, 1.807) is 0 Å². The predicted octanol–water partition coefficient (Wildman–Crippen LogP) is 2.23. The van der Waals surface area contributed by atoms with Crippen LogP contribution in [0.1, 0.15) is 32.6 Å². The largest absolute Gasteiger partial charge is 0.301 e. The lowest BCUT2D eigenvalue weighted by atomic mass is 9.75. The average Bonchev–Trinajstić information content (AvgIpc) is 2.36. The zero-order valence-electron chi connectivity index (χ0n) is 7.21. The minimum atomic E-state index is 0.296. The van der Waals surface area contributed by atoms with Crippen LogP contribution in [0, 0.1) is 4.77 Å². The van der Waals surface area contributed by atoms with E-state index in [9.17, 15) is 0 Å². The van der Waals surface area contributed by atoms with Crippen LogP contribution in [0.25, 0.3) is 0 Å². The number of hydrogen-bond acceptors (Lipinski definition) is 2. The van der Waals surface area contributed by atoms with E-state index in [1.165, 1.54) is 19.3 Å². The highest BCUT2D eigenvalue weighted by molar-refractivity contribution is 7.71. The van der Waals surface area contributed by atoms with Gasteiger partial charge in [0, 0.05) is 5.54 Å². The molecular formula is C8H13N3S. The molecule has 1 aliphatic carbocycles. The van der Waals surface area contributed by atoms with Gasteiger partial charge in [0.05, 0.1) is 0 Å². The van der Waals surface area contributed by atoms with Gasteiger partial charge in [-0.2, -0.15) is 5.10 Å². The van der Waals surface area contributed by atoms with Gasteiger partial charge in [-0.15, -0.1) is 0 Å². The minimum Gasteiger partial charge on any atom is -0.301 e. The SMILES string of the molecule is CCC1(n2cn[nH]c2=S)CCC1. The second-order valence-electron chi connectivity index (χ2n) is 3.46. The van der Waals surface area contributed by atoms with Crippen LogP contribution in [0.4, 0.5) is 0 Å². The molecule has 1 N–H and O–H groups in total. The zero-order valence-corrected chi connectivity index (χ0v) is 8.02. The Morgan fingerprint density at radius 3 is 2.83 bits per heavy atom. The van der Waals surface area contributed by atoms with Crippen molar-refractivity contribution in [1.29, 1.82) is 0 Å². The van der Waals surface area contributed by atoms with Gasteiger partial charge >= 0.3 is 0 Å². The summed E-state index contributed by atoms with van der Waals surface area (Å²) >= 11 is 5.14. The summed E-state index contributed by atoms with van der Waals surface area (Å²) in [6.45, 7) is 2.22. The van der Waals surface area contributed by atoms with Gasteiger partial charge in [-0.05, 0) is 37.9 Å². The molecular weight excluding hydrogens is 170 g/mol. The molecule has 0 amide bonds. The molecule has 1 aromatic rings. The van der Waals surface area contributed by atoms with E-state index in [0.717, 1.165) is 11.2 Å². The molecule has 2 rings (SSSR count). The molecule has 1 heterocycles. The zero-order chi connectivity index (χ0) is 8.60. The van der Waals surface area contributed by atoms with E-state index in [2.05, 4.69) is 21.7 Å². The topological polar surface area (TPSA) is 33.6 Å². The Hall–Kier alpha value is -0.640. The predicted molar refractivity (Wildman–Crippen MR) is 49.5 cm³/mol. The van der Waals surface area contributed by atoms with Gasteiger partial charge in [-0.3, -0.25) is 5.10 Å². The van der Waals surface area contributed by atoms with Gasteiger partial charge in [0.15, 0.2) is 4.77 Å². The highest BCUT2D eigenvalue weighted by Gasteiger charge is 2.37. The summed E-state index contributed by atoms with van der Waals surface area (Å²) in [5.41, 5.74) is 0.296. The summed E-state index contributed by atoms with van der Waals surface area (Å²) in [7, 11) is 0. The van der Waals surface area contributed by atoms with Crippen LogP contribution in [0.15, 0.2) is 6.33 Å². The van der Waals surface area contributed by atoms with Crippen molar-refractivity contribution in [1.82, 2.24) is 14.8 Å². The summed E-state index contributed by atoms with van der Waals surface area (Å²) in [4.78, 5) is 0. The van der Waals surface area contributed by atoms with E-state index >= 15 is 0 Å². The second-order valence-corrected chi connectivity index (χ2v) is 3.85. The summed E-state index contributed by atoms with van der Waals surface area (Å²) in [6, 6.07) is 0. The Morgan fingerprint density at radius 2 is 2.50 bits per heavy atom. The van der Waals surface area contributed by atoms with E-state index in [0.29, 0.717) is 5.54 Å². The fourth-order valence-corrected chi connectivity index (χ4v) is 2.23. The molecule has 0 atom stereocenters. The fourth-order valence-electron chi connectivity index (χ4n) is 1.94. The quantitative estimate of drug-likeness (QED) is 0.713. The lowest BCUT2D eigenvalue weighted by molar-refractivity contribution is 0.134. The minimum absolute atomic E-state index is 0.296. The maximum absolute atomic E-state index is 5.14. The highest BCUT2D eigenvalue weighted by Crippen LogP contribution is 2.41. The van der Waals surface area contributed by atoms with Crippen molar-refractivity contribution in [3.8, 4) is 0 Å². The molecule has 0 bridgehead atoms. The first kappa shape index (κ1) is 7.98. The molecule has 1 saturated carbocycles. The van der Waals surface area contributed by atoms with Crippen molar-refractivity contribution < 1.29 is 0 Å². The highest BCUT2D eigenvalue weighted by atomic mass is 32.1. The first-order valence-electron chi connectivity index (χ1n) is 4.41. The monoisotopic (exact) mass is 183 g/mol. The molecule has 0 aromatic carbocycles. The van der Waals surface area contributed by atoms with E-state index in [4.69, 9.17) is 12.2 Å². The Balaban J connectivity index is 2.40. The van der Waals surface area contributed by atoms with Gasteiger partial charge in [0.2, 0.25) is 0 Å². The number of nitrogens with one attached hydrogen (secondary N) is 1. The molecule has 4 heteroatoms. The third-order valence-electron chi connectivity index (χ3n) is 3.01. The third kappa shape index (κ3) is 0.941. The molecule has 0 unspecified atom stereocenters. The second kappa shape index (κ2) is 2.69. The normalized spacial score (nSPS) is 20.4. The maximum Gasteiger partial charge on any atom is 0.195 e. The molecule has 1 aliphatic rings. The number of H-pyrrole nitrogens is 1. The summed E-state index contributed by atoms with van der Waals surface area (Å²) < 4.78 is 2.88. The van der Waals surface area contributed by atoms with Crippen molar-refractivity contribution in [3.05, 3.63) is 11.1 Å². The Morgan fingerprint density at radius 1 is 1.75 bits per heavy atom. The average molecular weight is 183 g/mol. The van der Waals surface area contributed by atoms with Gasteiger partial charge in [0.1, 0.15) is 6.33 Å². The summed E-state index contributed by atoms with van der Waals surface area (Å²) in [6.07, 6.45) is 6.79. The van der Waals surface area contributed by atoms with Crippen molar-refractivity contribution in [2.24, 2.45) is 0 Å². The number of nitrogens with zero attached hydrogens (tertiary/aromatic N) is 2. The Bertz CT molecular complexity index is 316. The Labute approximate surface area is 76.8 Å². The number of rotatable bonds is 2. The molecule has 1 fully saturated rings. The maximum atomic E-state index is 5.14. The number of hydrogen-bond donors (Lipinski definition) is 1. The van der Waals surface area contributed by atoms with Gasteiger partial charge in [-0.25, -0.2) is 0 Å². The van der Waals surface area contributed by atoms with Crippen molar-refractivity contribution >= 4 is 12.2 Å². The van der Waals surface area contributed by atoms with Crippen LogP contribution in [0.5, 0.6) is 0 Å². The first-order chi connectivity index (χ1) is 5.78. The van der Waals surface area contributed by atoms with Crippen LogP contribution < -0.4 is 0 Å². The molecule has 0 aliphatic heterocycles. The fraction of sp³-hybridized carbons (Fsp3) is 0.750. The van der Waals surface area contributed by atoms with Crippen LogP contribution in [0.3, 0.4) is 0 Å². The smallest absolute Gasteiger partial charge is 0.195 e. The molecule has 0 radical (unpaired) electrons.